The third-order valence-corrected chi connectivity index (χ3v) is 3.73. The molecule has 1 aromatic carbocycles. The minimum atomic E-state index is -1.06. The second-order valence-electron chi connectivity index (χ2n) is 5.04. The molecule has 1 fully saturated rings. The number of hydrogen-bond acceptors (Lipinski definition) is 5. The number of rotatable bonds is 2. The Labute approximate surface area is 124 Å². The third-order valence-electron chi connectivity index (χ3n) is 3.73. The fourth-order valence-corrected chi connectivity index (χ4v) is 2.72. The zero-order chi connectivity index (χ0) is 16.0. The van der Waals surface area contributed by atoms with Crippen molar-refractivity contribution in [3.05, 3.63) is 34.9 Å². The van der Waals surface area contributed by atoms with Crippen LogP contribution in [-0.2, 0) is 9.59 Å². The van der Waals surface area contributed by atoms with Crippen LogP contribution in [0.1, 0.15) is 43.9 Å². The van der Waals surface area contributed by atoms with Crippen molar-refractivity contribution >= 4 is 29.5 Å². The number of imide groups is 2. The van der Waals surface area contributed by atoms with Crippen LogP contribution in [0.25, 0.3) is 0 Å². The van der Waals surface area contributed by atoms with Crippen molar-refractivity contribution in [3.8, 4) is 0 Å². The molecule has 0 saturated carbocycles. The van der Waals surface area contributed by atoms with Gasteiger partial charge in [-0.3, -0.25) is 34.2 Å². The zero-order valence-corrected chi connectivity index (χ0v) is 11.3. The van der Waals surface area contributed by atoms with Gasteiger partial charge in [0.25, 0.3) is 11.8 Å². The number of piperidine rings is 1. The number of nitrogens with one attached hydrogen (secondary N) is 1. The van der Waals surface area contributed by atoms with Crippen molar-refractivity contribution in [3.63, 3.8) is 0 Å². The van der Waals surface area contributed by atoms with E-state index in [2.05, 4.69) is 5.32 Å². The maximum absolute atomic E-state index is 12.5. The van der Waals surface area contributed by atoms with Gasteiger partial charge in [0.1, 0.15) is 6.04 Å². The molecule has 5 amide bonds. The Morgan fingerprint density at radius 2 is 1.91 bits per heavy atom. The molecule has 8 heteroatoms. The van der Waals surface area contributed by atoms with Gasteiger partial charge in [-0.2, -0.15) is 0 Å². The summed E-state index contributed by atoms with van der Waals surface area (Å²) in [7, 11) is 0. The Kier molecular flexibility index (Phi) is 3.01. The molecule has 1 aromatic rings. The van der Waals surface area contributed by atoms with Crippen molar-refractivity contribution in [1.29, 1.82) is 0 Å². The van der Waals surface area contributed by atoms with Gasteiger partial charge < -0.3 is 5.73 Å². The van der Waals surface area contributed by atoms with Crippen LogP contribution in [-0.4, -0.2) is 40.5 Å². The van der Waals surface area contributed by atoms with Gasteiger partial charge >= 0.3 is 0 Å². The molecule has 1 unspecified atom stereocenters. The Morgan fingerprint density at radius 3 is 2.55 bits per heavy atom. The van der Waals surface area contributed by atoms with Crippen LogP contribution in [0.4, 0.5) is 0 Å². The van der Waals surface area contributed by atoms with Gasteiger partial charge in [-0.25, -0.2) is 0 Å². The molecule has 112 valence electrons. The summed E-state index contributed by atoms with van der Waals surface area (Å²) in [4.78, 5) is 60.2. The lowest BCUT2D eigenvalue weighted by molar-refractivity contribution is -0.136. The van der Waals surface area contributed by atoms with Crippen LogP contribution < -0.4 is 11.1 Å². The number of hydrogen-bond donors (Lipinski definition) is 2. The number of carbonyl (C=O) groups excluding carboxylic acids is 5. The smallest absolute Gasteiger partial charge is 0.263 e. The molecule has 2 aliphatic heterocycles. The Hall–Kier alpha value is -3.03. The minimum Gasteiger partial charge on any atom is -0.366 e. The molecular weight excluding hydrogens is 290 g/mol. The summed E-state index contributed by atoms with van der Waals surface area (Å²) in [5.74, 6) is -3.40. The van der Waals surface area contributed by atoms with Gasteiger partial charge in [-0.15, -0.1) is 0 Å². The average Bonchev–Trinajstić information content (AvgIpc) is 2.72. The summed E-state index contributed by atoms with van der Waals surface area (Å²) in [5, 5.41) is 2.10. The highest BCUT2D eigenvalue weighted by Gasteiger charge is 2.45. The molecule has 3 N–H and O–H groups in total. The van der Waals surface area contributed by atoms with Crippen molar-refractivity contribution < 1.29 is 24.0 Å². The molecule has 1 atom stereocenters. The quantitative estimate of drug-likeness (QED) is 0.690. The summed E-state index contributed by atoms with van der Waals surface area (Å²) in [5.41, 5.74) is 5.10. The number of carbonyl (C=O) groups is 5. The Bertz CT molecular complexity index is 755. The lowest BCUT2D eigenvalue weighted by atomic mass is 10.0. The summed E-state index contributed by atoms with van der Waals surface area (Å²) >= 11 is 0. The standard InChI is InChI=1S/C14H11N3O5/c15-11(19)6-2-1-3-7-10(6)14(22)17(13(7)21)8-4-5-9(18)16-12(8)20/h1-3,8H,4-5H2,(H2,15,19)(H,16,18,20). The van der Waals surface area contributed by atoms with E-state index in [0.717, 1.165) is 4.90 Å². The number of nitrogens with zero attached hydrogens (tertiary/aromatic N) is 1. The molecule has 22 heavy (non-hydrogen) atoms. The van der Waals surface area contributed by atoms with Crippen molar-refractivity contribution in [2.45, 2.75) is 18.9 Å². The van der Waals surface area contributed by atoms with Crippen LogP contribution in [0, 0.1) is 0 Å². The highest BCUT2D eigenvalue weighted by Crippen LogP contribution is 2.29. The first kappa shape index (κ1) is 13.9. The van der Waals surface area contributed by atoms with Crippen LogP contribution >= 0.6 is 0 Å². The minimum absolute atomic E-state index is 0.0333. The lowest BCUT2D eigenvalue weighted by Crippen LogP contribution is -2.54. The van der Waals surface area contributed by atoms with Gasteiger partial charge in [0, 0.05) is 6.42 Å². The largest absolute Gasteiger partial charge is 0.366 e. The second kappa shape index (κ2) is 4.76. The van der Waals surface area contributed by atoms with Crippen LogP contribution in [0.15, 0.2) is 18.2 Å². The molecule has 0 aliphatic carbocycles. The summed E-state index contributed by atoms with van der Waals surface area (Å²) < 4.78 is 0. The van der Waals surface area contributed by atoms with Gasteiger partial charge in [-0.1, -0.05) is 6.07 Å². The summed E-state index contributed by atoms with van der Waals surface area (Å²) in [6.45, 7) is 0. The Morgan fingerprint density at radius 1 is 1.18 bits per heavy atom. The SMILES string of the molecule is NC(=O)c1cccc2c1C(=O)N(C1CCC(=O)NC1=O)C2=O. The zero-order valence-electron chi connectivity index (χ0n) is 11.3. The van der Waals surface area contributed by atoms with Crippen molar-refractivity contribution in [1.82, 2.24) is 10.2 Å². The first-order chi connectivity index (χ1) is 10.4. The van der Waals surface area contributed by atoms with E-state index in [0.29, 0.717) is 0 Å². The van der Waals surface area contributed by atoms with Gasteiger partial charge in [0.2, 0.25) is 17.7 Å². The van der Waals surface area contributed by atoms with E-state index < -0.39 is 35.6 Å². The normalized spacial score (nSPS) is 20.9. The van der Waals surface area contributed by atoms with E-state index in [1.807, 2.05) is 0 Å². The van der Waals surface area contributed by atoms with Gasteiger partial charge in [0.05, 0.1) is 16.7 Å². The first-order valence-electron chi connectivity index (χ1n) is 6.56. The van der Waals surface area contributed by atoms with Crippen LogP contribution in [0.5, 0.6) is 0 Å². The highest BCUT2D eigenvalue weighted by molar-refractivity contribution is 6.26. The van der Waals surface area contributed by atoms with E-state index in [1.54, 1.807) is 0 Å². The number of benzene rings is 1. The predicted octanol–water partition coefficient (Wildman–Crippen LogP) is -0.813. The van der Waals surface area contributed by atoms with E-state index in [4.69, 9.17) is 5.73 Å². The number of fused-ring (bicyclic) bond motifs is 1. The maximum Gasteiger partial charge on any atom is 0.263 e. The molecule has 0 aromatic heterocycles. The van der Waals surface area contributed by atoms with E-state index >= 15 is 0 Å². The summed E-state index contributed by atoms with van der Waals surface area (Å²) in [6.07, 6.45) is 0.0918. The second-order valence-corrected chi connectivity index (χ2v) is 5.04. The molecular formula is C14H11N3O5. The monoisotopic (exact) mass is 301 g/mol. The van der Waals surface area contributed by atoms with Crippen LogP contribution in [0.3, 0.4) is 0 Å². The predicted molar refractivity (Wildman–Crippen MR) is 71.6 cm³/mol. The lowest BCUT2D eigenvalue weighted by Gasteiger charge is -2.27. The molecule has 8 nitrogen and oxygen atoms in total. The fourth-order valence-electron chi connectivity index (χ4n) is 2.72. The highest BCUT2D eigenvalue weighted by atomic mass is 16.2. The van der Waals surface area contributed by atoms with Gasteiger partial charge in [0.15, 0.2) is 0 Å². The first-order valence-corrected chi connectivity index (χ1v) is 6.56. The summed E-state index contributed by atoms with van der Waals surface area (Å²) in [6, 6.07) is 3.12. The molecule has 0 bridgehead atoms. The molecule has 0 spiro atoms. The van der Waals surface area contributed by atoms with E-state index in [9.17, 15) is 24.0 Å². The molecule has 0 radical (unpaired) electrons. The molecule has 3 rings (SSSR count). The fraction of sp³-hybridized carbons (Fsp3) is 0.214. The van der Waals surface area contributed by atoms with Crippen LogP contribution in [0.2, 0.25) is 0 Å². The number of nitrogens with two attached hydrogens (primary N) is 1. The third kappa shape index (κ3) is 1.88. The number of primary amides is 1. The maximum atomic E-state index is 12.5. The van der Waals surface area contributed by atoms with E-state index in [-0.39, 0.29) is 29.5 Å². The molecule has 2 aliphatic rings. The van der Waals surface area contributed by atoms with Crippen molar-refractivity contribution in [2.75, 3.05) is 0 Å². The van der Waals surface area contributed by atoms with E-state index in [1.165, 1.54) is 18.2 Å². The molecule has 1 saturated heterocycles. The Balaban J connectivity index is 2.04. The number of amides is 5. The molecule has 2 heterocycles. The van der Waals surface area contributed by atoms with Crippen molar-refractivity contribution in [2.24, 2.45) is 5.73 Å². The average molecular weight is 301 g/mol. The topological polar surface area (TPSA) is 127 Å². The van der Waals surface area contributed by atoms with Gasteiger partial charge in [-0.05, 0) is 18.6 Å².